The van der Waals surface area contributed by atoms with Crippen molar-refractivity contribution in [2.24, 2.45) is 0 Å². The fourth-order valence-corrected chi connectivity index (χ4v) is 4.20. The van der Waals surface area contributed by atoms with Gasteiger partial charge in [-0.05, 0) is 22.0 Å². The zero-order valence-corrected chi connectivity index (χ0v) is 13.9. The first-order valence-electron chi connectivity index (χ1n) is 5.90. The average Bonchev–Trinajstić information content (AvgIpc) is 2.54. The highest BCUT2D eigenvalue weighted by Gasteiger charge is 2.29. The first kappa shape index (κ1) is 15.3. The minimum Gasteiger partial charge on any atom is -0.144 e. The summed E-state index contributed by atoms with van der Waals surface area (Å²) in [7, 11) is 0. The smallest absolute Gasteiger partial charge is 0.0488 e. The number of halogens is 2. The molecule has 0 spiro atoms. The Labute approximate surface area is 119 Å². The summed E-state index contributed by atoms with van der Waals surface area (Å²) in [6.45, 7) is 13.4. The second-order valence-electron chi connectivity index (χ2n) is 6.48. The monoisotopic (exact) mass is 292 g/mol. The SMILES string of the molecule is CC(C)(C)c1sc(C(C)(C)C)c(CCl)c1CCl. The predicted molar refractivity (Wildman–Crippen MR) is 80.8 cm³/mol. The molecule has 1 aromatic heterocycles. The molecule has 0 aliphatic heterocycles. The van der Waals surface area contributed by atoms with E-state index < -0.39 is 0 Å². The average molecular weight is 293 g/mol. The fraction of sp³-hybridized carbons (Fsp3) is 0.714. The van der Waals surface area contributed by atoms with Crippen molar-refractivity contribution in [3.8, 4) is 0 Å². The van der Waals surface area contributed by atoms with Crippen LogP contribution in [0.1, 0.15) is 62.4 Å². The van der Waals surface area contributed by atoms with Gasteiger partial charge in [-0.2, -0.15) is 0 Å². The summed E-state index contributed by atoms with van der Waals surface area (Å²) in [5.41, 5.74) is 2.78. The summed E-state index contributed by atoms with van der Waals surface area (Å²) < 4.78 is 0. The first-order valence-corrected chi connectivity index (χ1v) is 7.79. The lowest BCUT2D eigenvalue weighted by molar-refractivity contribution is 0.598. The van der Waals surface area contributed by atoms with Crippen LogP contribution < -0.4 is 0 Å². The molecule has 0 atom stereocenters. The maximum Gasteiger partial charge on any atom is 0.0488 e. The molecule has 1 aromatic rings. The van der Waals surface area contributed by atoms with Crippen LogP contribution in [-0.2, 0) is 22.6 Å². The number of hydrogen-bond acceptors (Lipinski definition) is 1. The Bertz CT molecular complexity index is 355. The van der Waals surface area contributed by atoms with Gasteiger partial charge in [-0.25, -0.2) is 0 Å². The lowest BCUT2D eigenvalue weighted by atomic mass is 9.87. The van der Waals surface area contributed by atoms with Gasteiger partial charge >= 0.3 is 0 Å². The molecule has 0 aliphatic rings. The maximum absolute atomic E-state index is 6.13. The van der Waals surface area contributed by atoms with Gasteiger partial charge in [-0.15, -0.1) is 34.5 Å². The summed E-state index contributed by atoms with van der Waals surface area (Å²) in [6.07, 6.45) is 0. The summed E-state index contributed by atoms with van der Waals surface area (Å²) in [4.78, 5) is 2.76. The van der Waals surface area contributed by atoms with Gasteiger partial charge in [0.2, 0.25) is 0 Å². The molecule has 0 nitrogen and oxygen atoms in total. The van der Waals surface area contributed by atoms with Crippen molar-refractivity contribution in [2.75, 3.05) is 0 Å². The Morgan fingerprint density at radius 1 is 0.765 bits per heavy atom. The minimum atomic E-state index is 0.138. The highest BCUT2D eigenvalue weighted by molar-refractivity contribution is 7.12. The molecule has 0 N–H and O–H groups in total. The molecule has 17 heavy (non-hydrogen) atoms. The molecule has 0 aliphatic carbocycles. The van der Waals surface area contributed by atoms with Crippen LogP contribution >= 0.6 is 34.5 Å². The normalized spacial score (nSPS) is 13.2. The third-order valence-electron chi connectivity index (χ3n) is 2.75. The van der Waals surface area contributed by atoms with Crippen LogP contribution in [0, 0.1) is 0 Å². The van der Waals surface area contributed by atoms with E-state index in [9.17, 15) is 0 Å². The van der Waals surface area contributed by atoms with Crippen molar-refractivity contribution in [2.45, 2.75) is 64.1 Å². The first-order chi connectivity index (χ1) is 7.62. The number of rotatable bonds is 2. The van der Waals surface area contributed by atoms with Gasteiger partial charge < -0.3 is 0 Å². The van der Waals surface area contributed by atoms with Crippen LogP contribution in [0.5, 0.6) is 0 Å². The Kier molecular flexibility index (Phi) is 4.61. The molecule has 0 fully saturated rings. The standard InChI is InChI=1S/C14H22Cl2S/c1-13(2,3)11-9(7-15)10(8-16)12(17-11)14(4,5)6/h7-8H2,1-6H3. The van der Waals surface area contributed by atoms with Crippen LogP contribution in [0.3, 0.4) is 0 Å². The molecule has 3 heteroatoms. The molecule has 98 valence electrons. The van der Waals surface area contributed by atoms with Crippen molar-refractivity contribution in [1.29, 1.82) is 0 Å². The number of alkyl halides is 2. The molecule has 0 aromatic carbocycles. The molecule has 0 bridgehead atoms. The van der Waals surface area contributed by atoms with E-state index in [1.807, 2.05) is 11.3 Å². The Morgan fingerprint density at radius 3 is 1.24 bits per heavy atom. The number of thiophene rings is 1. The molecular formula is C14H22Cl2S. The van der Waals surface area contributed by atoms with E-state index in [2.05, 4.69) is 41.5 Å². The molecular weight excluding hydrogens is 271 g/mol. The summed E-state index contributed by atoms with van der Waals surface area (Å²) >= 11 is 14.1. The van der Waals surface area contributed by atoms with Crippen LogP contribution in [0.4, 0.5) is 0 Å². The van der Waals surface area contributed by atoms with Gasteiger partial charge in [-0.1, -0.05) is 41.5 Å². The van der Waals surface area contributed by atoms with E-state index in [0.29, 0.717) is 11.8 Å². The third-order valence-corrected chi connectivity index (χ3v) is 5.41. The van der Waals surface area contributed by atoms with E-state index in [-0.39, 0.29) is 10.8 Å². The second kappa shape index (κ2) is 5.11. The fourth-order valence-electron chi connectivity index (χ4n) is 1.99. The topological polar surface area (TPSA) is 0 Å². The van der Waals surface area contributed by atoms with Crippen molar-refractivity contribution >= 4 is 34.5 Å². The summed E-state index contributed by atoms with van der Waals surface area (Å²) in [6, 6.07) is 0. The summed E-state index contributed by atoms with van der Waals surface area (Å²) in [5, 5.41) is 0. The predicted octanol–water partition coefficient (Wildman–Crippen LogP) is 5.82. The van der Waals surface area contributed by atoms with Crippen molar-refractivity contribution < 1.29 is 0 Å². The van der Waals surface area contributed by atoms with Gasteiger partial charge in [0.05, 0.1) is 0 Å². The van der Waals surface area contributed by atoms with Gasteiger partial charge in [0.1, 0.15) is 0 Å². The van der Waals surface area contributed by atoms with E-state index in [1.54, 1.807) is 0 Å². The van der Waals surface area contributed by atoms with Gasteiger partial charge in [-0.3, -0.25) is 0 Å². The highest BCUT2D eigenvalue weighted by Crippen LogP contribution is 2.43. The molecule has 0 amide bonds. The zero-order valence-electron chi connectivity index (χ0n) is 11.6. The van der Waals surface area contributed by atoms with Crippen molar-refractivity contribution in [1.82, 2.24) is 0 Å². The van der Waals surface area contributed by atoms with Crippen LogP contribution in [-0.4, -0.2) is 0 Å². The molecule has 1 heterocycles. The molecule has 0 radical (unpaired) electrons. The Morgan fingerprint density at radius 2 is 1.06 bits per heavy atom. The van der Waals surface area contributed by atoms with Crippen LogP contribution in [0.2, 0.25) is 0 Å². The lowest BCUT2D eigenvalue weighted by Gasteiger charge is -2.19. The lowest BCUT2D eigenvalue weighted by Crippen LogP contribution is -2.11. The maximum atomic E-state index is 6.13. The van der Waals surface area contributed by atoms with Gasteiger partial charge in [0, 0.05) is 21.5 Å². The van der Waals surface area contributed by atoms with Crippen LogP contribution in [0.15, 0.2) is 0 Å². The quantitative estimate of drug-likeness (QED) is 0.603. The molecule has 0 unspecified atom stereocenters. The van der Waals surface area contributed by atoms with Gasteiger partial charge in [0.25, 0.3) is 0 Å². The van der Waals surface area contributed by atoms with Crippen molar-refractivity contribution in [3.63, 3.8) is 0 Å². The molecule has 0 saturated heterocycles. The summed E-state index contributed by atoms with van der Waals surface area (Å²) in [5.74, 6) is 1.11. The van der Waals surface area contributed by atoms with Crippen molar-refractivity contribution in [3.05, 3.63) is 20.9 Å². The Hall–Kier alpha value is 0.280. The Balaban J connectivity index is 3.50. The largest absolute Gasteiger partial charge is 0.144 e. The van der Waals surface area contributed by atoms with E-state index in [1.165, 1.54) is 20.9 Å². The zero-order chi connectivity index (χ0) is 13.4. The number of hydrogen-bond donors (Lipinski definition) is 0. The van der Waals surface area contributed by atoms with Gasteiger partial charge in [0.15, 0.2) is 0 Å². The van der Waals surface area contributed by atoms with E-state index in [0.717, 1.165) is 0 Å². The van der Waals surface area contributed by atoms with Crippen LogP contribution in [0.25, 0.3) is 0 Å². The van der Waals surface area contributed by atoms with E-state index in [4.69, 9.17) is 23.2 Å². The van der Waals surface area contributed by atoms with E-state index >= 15 is 0 Å². The molecule has 0 saturated carbocycles. The minimum absolute atomic E-state index is 0.138. The highest BCUT2D eigenvalue weighted by atomic mass is 35.5. The molecule has 1 rings (SSSR count). The second-order valence-corrected chi connectivity index (χ2v) is 8.04. The third kappa shape index (κ3) is 3.19.